The number of benzene rings is 1. The zero-order valence-corrected chi connectivity index (χ0v) is 13.2. The molecule has 0 fully saturated rings. The van der Waals surface area contributed by atoms with Gasteiger partial charge in [-0.05, 0) is 50.5 Å². The second-order valence-electron chi connectivity index (χ2n) is 6.11. The van der Waals surface area contributed by atoms with Crippen molar-refractivity contribution in [2.24, 2.45) is 5.92 Å². The fourth-order valence-electron chi connectivity index (χ4n) is 2.33. The lowest BCUT2D eigenvalue weighted by Gasteiger charge is -2.23. The highest BCUT2D eigenvalue weighted by molar-refractivity contribution is 5.25. The van der Waals surface area contributed by atoms with Crippen LogP contribution < -0.4 is 5.32 Å². The predicted molar refractivity (Wildman–Crippen MR) is 84.6 cm³/mol. The van der Waals surface area contributed by atoms with Crippen LogP contribution in [0.3, 0.4) is 0 Å². The van der Waals surface area contributed by atoms with E-state index in [2.05, 4.69) is 69.3 Å². The molecule has 2 heteroatoms. The Labute approximate surface area is 119 Å². The van der Waals surface area contributed by atoms with Crippen molar-refractivity contribution in [1.82, 2.24) is 10.2 Å². The lowest BCUT2D eigenvalue weighted by Crippen LogP contribution is -2.31. The Morgan fingerprint density at radius 2 is 1.74 bits per heavy atom. The summed E-state index contributed by atoms with van der Waals surface area (Å²) in [6.07, 6.45) is 2.34. The summed E-state index contributed by atoms with van der Waals surface area (Å²) in [5.74, 6) is 0.724. The van der Waals surface area contributed by atoms with Crippen LogP contribution >= 0.6 is 0 Å². The van der Waals surface area contributed by atoms with E-state index in [0.29, 0.717) is 6.04 Å². The molecule has 0 aliphatic heterocycles. The number of likely N-dealkylation sites (N-methyl/N-ethyl adjacent to an activating group) is 1. The van der Waals surface area contributed by atoms with Crippen LogP contribution in [0.4, 0.5) is 0 Å². The maximum absolute atomic E-state index is 3.64. The third-order valence-corrected chi connectivity index (χ3v) is 3.21. The summed E-state index contributed by atoms with van der Waals surface area (Å²) >= 11 is 0. The van der Waals surface area contributed by atoms with E-state index in [0.717, 1.165) is 19.0 Å². The Bertz CT molecular complexity index is 341. The average Bonchev–Trinajstić information content (AvgIpc) is 2.34. The summed E-state index contributed by atoms with van der Waals surface area (Å²) in [6, 6.07) is 9.57. The van der Waals surface area contributed by atoms with Crippen LogP contribution in [0.1, 0.15) is 44.4 Å². The van der Waals surface area contributed by atoms with E-state index in [9.17, 15) is 0 Å². The second-order valence-corrected chi connectivity index (χ2v) is 6.11. The molecule has 1 unspecified atom stereocenters. The Morgan fingerprint density at radius 1 is 1.11 bits per heavy atom. The first-order valence-corrected chi connectivity index (χ1v) is 7.49. The molecule has 0 radical (unpaired) electrons. The van der Waals surface area contributed by atoms with Gasteiger partial charge in [-0.3, -0.25) is 0 Å². The third-order valence-electron chi connectivity index (χ3n) is 3.21. The SMILES string of the molecule is CCCNC(CN(C)C)c1ccc(CC(C)C)cc1. The van der Waals surface area contributed by atoms with Gasteiger partial charge in [-0.2, -0.15) is 0 Å². The molecular weight excluding hydrogens is 232 g/mol. The molecule has 0 aliphatic carbocycles. The van der Waals surface area contributed by atoms with Gasteiger partial charge in [0, 0.05) is 12.6 Å². The monoisotopic (exact) mass is 262 g/mol. The first-order chi connectivity index (χ1) is 9.02. The van der Waals surface area contributed by atoms with Gasteiger partial charge in [-0.1, -0.05) is 45.0 Å². The molecule has 1 rings (SSSR count). The maximum atomic E-state index is 3.64. The smallest absolute Gasteiger partial charge is 0.0449 e. The van der Waals surface area contributed by atoms with Crippen molar-refractivity contribution in [2.45, 2.75) is 39.7 Å². The van der Waals surface area contributed by atoms with E-state index in [1.54, 1.807) is 0 Å². The van der Waals surface area contributed by atoms with Crippen LogP contribution in [0.2, 0.25) is 0 Å². The van der Waals surface area contributed by atoms with Crippen LogP contribution in [0, 0.1) is 5.92 Å². The van der Waals surface area contributed by atoms with Crippen molar-refractivity contribution in [1.29, 1.82) is 0 Å². The van der Waals surface area contributed by atoms with Crippen molar-refractivity contribution < 1.29 is 0 Å². The predicted octanol–water partition coefficient (Wildman–Crippen LogP) is 3.49. The quantitative estimate of drug-likeness (QED) is 0.771. The normalized spacial score (nSPS) is 13.2. The third kappa shape index (κ3) is 6.22. The number of rotatable bonds is 8. The average molecular weight is 262 g/mol. The van der Waals surface area contributed by atoms with Crippen LogP contribution in [-0.4, -0.2) is 32.1 Å². The molecule has 1 atom stereocenters. The maximum Gasteiger partial charge on any atom is 0.0449 e. The second kappa shape index (κ2) is 8.34. The highest BCUT2D eigenvalue weighted by atomic mass is 15.1. The fraction of sp³-hybridized carbons (Fsp3) is 0.647. The lowest BCUT2D eigenvalue weighted by atomic mass is 9.99. The molecule has 0 heterocycles. The van der Waals surface area contributed by atoms with Crippen molar-refractivity contribution in [3.63, 3.8) is 0 Å². The molecule has 0 aliphatic rings. The van der Waals surface area contributed by atoms with Gasteiger partial charge in [0.25, 0.3) is 0 Å². The molecule has 1 N–H and O–H groups in total. The molecule has 108 valence electrons. The summed E-state index contributed by atoms with van der Waals surface area (Å²) < 4.78 is 0. The van der Waals surface area contributed by atoms with Gasteiger partial charge in [-0.25, -0.2) is 0 Å². The van der Waals surface area contributed by atoms with E-state index >= 15 is 0 Å². The van der Waals surface area contributed by atoms with Crippen molar-refractivity contribution in [2.75, 3.05) is 27.2 Å². The molecule has 0 bridgehead atoms. The summed E-state index contributed by atoms with van der Waals surface area (Å²) in [7, 11) is 4.27. The molecule has 1 aromatic rings. The van der Waals surface area contributed by atoms with Crippen LogP contribution in [0.15, 0.2) is 24.3 Å². The van der Waals surface area contributed by atoms with E-state index in [1.165, 1.54) is 24.0 Å². The molecule has 19 heavy (non-hydrogen) atoms. The minimum Gasteiger partial charge on any atom is -0.309 e. The standard InChI is InChI=1S/C17H30N2/c1-6-11-18-17(13-19(4)5)16-9-7-15(8-10-16)12-14(2)3/h7-10,14,17-18H,6,11-13H2,1-5H3. The Kier molecular flexibility index (Phi) is 7.11. The first kappa shape index (κ1) is 16.2. The van der Waals surface area contributed by atoms with E-state index in [4.69, 9.17) is 0 Å². The lowest BCUT2D eigenvalue weighted by molar-refractivity contribution is 0.342. The van der Waals surface area contributed by atoms with Crippen LogP contribution in [0.25, 0.3) is 0 Å². The van der Waals surface area contributed by atoms with E-state index < -0.39 is 0 Å². The Morgan fingerprint density at radius 3 is 2.21 bits per heavy atom. The Hall–Kier alpha value is -0.860. The Balaban J connectivity index is 2.72. The van der Waals surface area contributed by atoms with Gasteiger partial charge in [0.15, 0.2) is 0 Å². The van der Waals surface area contributed by atoms with Crippen molar-refractivity contribution in [3.8, 4) is 0 Å². The molecule has 0 aromatic heterocycles. The minimum absolute atomic E-state index is 0.433. The first-order valence-electron chi connectivity index (χ1n) is 7.49. The number of hydrogen-bond acceptors (Lipinski definition) is 2. The van der Waals surface area contributed by atoms with E-state index in [-0.39, 0.29) is 0 Å². The largest absolute Gasteiger partial charge is 0.309 e. The number of nitrogens with zero attached hydrogens (tertiary/aromatic N) is 1. The molecule has 0 saturated heterocycles. The van der Waals surface area contributed by atoms with Gasteiger partial charge in [0.1, 0.15) is 0 Å². The topological polar surface area (TPSA) is 15.3 Å². The number of nitrogens with one attached hydrogen (secondary N) is 1. The summed E-state index contributed by atoms with van der Waals surface area (Å²) in [6.45, 7) is 8.87. The van der Waals surface area contributed by atoms with E-state index in [1.807, 2.05) is 0 Å². The zero-order chi connectivity index (χ0) is 14.3. The van der Waals surface area contributed by atoms with Crippen LogP contribution in [-0.2, 0) is 6.42 Å². The minimum atomic E-state index is 0.433. The molecule has 0 saturated carbocycles. The summed E-state index contributed by atoms with van der Waals surface area (Å²) in [5, 5.41) is 3.64. The highest BCUT2D eigenvalue weighted by Gasteiger charge is 2.11. The summed E-state index contributed by atoms with van der Waals surface area (Å²) in [5.41, 5.74) is 2.84. The molecular formula is C17H30N2. The van der Waals surface area contributed by atoms with Crippen molar-refractivity contribution >= 4 is 0 Å². The molecule has 0 spiro atoms. The van der Waals surface area contributed by atoms with Gasteiger partial charge in [-0.15, -0.1) is 0 Å². The number of hydrogen-bond donors (Lipinski definition) is 1. The fourth-order valence-corrected chi connectivity index (χ4v) is 2.33. The molecule has 1 aromatic carbocycles. The summed E-state index contributed by atoms with van der Waals surface area (Å²) in [4.78, 5) is 2.25. The van der Waals surface area contributed by atoms with Gasteiger partial charge >= 0.3 is 0 Å². The van der Waals surface area contributed by atoms with Crippen molar-refractivity contribution in [3.05, 3.63) is 35.4 Å². The van der Waals surface area contributed by atoms with Gasteiger partial charge in [0.2, 0.25) is 0 Å². The molecule has 2 nitrogen and oxygen atoms in total. The highest BCUT2D eigenvalue weighted by Crippen LogP contribution is 2.16. The zero-order valence-electron chi connectivity index (χ0n) is 13.2. The van der Waals surface area contributed by atoms with Gasteiger partial charge in [0.05, 0.1) is 0 Å². The van der Waals surface area contributed by atoms with Gasteiger partial charge < -0.3 is 10.2 Å². The van der Waals surface area contributed by atoms with Crippen LogP contribution in [0.5, 0.6) is 0 Å². The molecule has 0 amide bonds.